The zero-order valence-corrected chi connectivity index (χ0v) is 12.2. The van der Waals surface area contributed by atoms with Gasteiger partial charge in [-0.1, -0.05) is 13.8 Å². The predicted molar refractivity (Wildman–Crippen MR) is 76.0 cm³/mol. The largest absolute Gasteiger partial charge is 0.336 e. The number of halogens is 1. The summed E-state index contributed by atoms with van der Waals surface area (Å²) in [4.78, 5) is 20.0. The van der Waals surface area contributed by atoms with E-state index in [1.165, 1.54) is 24.8 Å². The van der Waals surface area contributed by atoms with Crippen molar-refractivity contribution in [3.63, 3.8) is 0 Å². The zero-order chi connectivity index (χ0) is 14.5. The highest BCUT2D eigenvalue weighted by atomic mass is 19.1. The molecule has 1 fully saturated rings. The average Bonchev–Trinajstić information content (AvgIpc) is 2.46. The van der Waals surface area contributed by atoms with Crippen LogP contribution in [0.25, 0.3) is 0 Å². The van der Waals surface area contributed by atoms with Crippen molar-refractivity contribution in [1.82, 2.24) is 14.8 Å². The van der Waals surface area contributed by atoms with E-state index in [1.54, 1.807) is 0 Å². The molecule has 0 saturated carbocycles. The van der Waals surface area contributed by atoms with E-state index in [2.05, 4.69) is 23.7 Å². The summed E-state index contributed by atoms with van der Waals surface area (Å²) in [5.41, 5.74) is 0.460. The minimum absolute atomic E-state index is 0.0546. The summed E-state index contributed by atoms with van der Waals surface area (Å²) in [6.45, 7) is 8.82. The number of amides is 1. The van der Waals surface area contributed by atoms with E-state index in [4.69, 9.17) is 0 Å². The Kier molecular flexibility index (Phi) is 5.06. The minimum atomic E-state index is -0.556. The molecule has 1 aromatic heterocycles. The first-order chi connectivity index (χ1) is 9.56. The molecule has 5 heteroatoms. The van der Waals surface area contributed by atoms with Crippen LogP contribution in [0.15, 0.2) is 18.3 Å². The molecule has 0 N–H and O–H groups in total. The first-order valence-electron chi connectivity index (χ1n) is 7.19. The molecule has 110 valence electrons. The molecule has 1 aliphatic rings. The lowest BCUT2D eigenvalue weighted by atomic mass is 10.1. The zero-order valence-electron chi connectivity index (χ0n) is 12.2. The molecule has 0 radical (unpaired) electrons. The molecule has 1 aromatic rings. The maximum Gasteiger partial charge on any atom is 0.255 e. The average molecular weight is 279 g/mol. The number of hydrogen-bond donors (Lipinski definition) is 0. The molecule has 4 nitrogen and oxygen atoms in total. The summed E-state index contributed by atoms with van der Waals surface area (Å²) >= 11 is 0. The van der Waals surface area contributed by atoms with Gasteiger partial charge >= 0.3 is 0 Å². The van der Waals surface area contributed by atoms with Crippen molar-refractivity contribution in [3.05, 3.63) is 29.8 Å². The van der Waals surface area contributed by atoms with Gasteiger partial charge in [0.2, 0.25) is 5.95 Å². The fourth-order valence-electron chi connectivity index (χ4n) is 2.30. The third-order valence-electron chi connectivity index (χ3n) is 3.66. The van der Waals surface area contributed by atoms with Gasteiger partial charge in [0, 0.05) is 32.4 Å². The summed E-state index contributed by atoms with van der Waals surface area (Å²) in [5, 5.41) is 0. The Morgan fingerprint density at radius 3 is 2.55 bits per heavy atom. The van der Waals surface area contributed by atoms with E-state index in [0.29, 0.717) is 11.5 Å². The van der Waals surface area contributed by atoms with Crippen molar-refractivity contribution in [3.8, 4) is 0 Å². The van der Waals surface area contributed by atoms with Crippen molar-refractivity contribution in [1.29, 1.82) is 0 Å². The Bertz CT molecular complexity index is 439. The lowest BCUT2D eigenvalue weighted by Crippen LogP contribution is -2.49. The fourth-order valence-corrected chi connectivity index (χ4v) is 2.30. The molecular weight excluding hydrogens is 257 g/mol. The van der Waals surface area contributed by atoms with Crippen molar-refractivity contribution >= 4 is 5.91 Å². The van der Waals surface area contributed by atoms with E-state index in [-0.39, 0.29) is 5.91 Å². The summed E-state index contributed by atoms with van der Waals surface area (Å²) in [5.74, 6) is 0.0982. The molecule has 20 heavy (non-hydrogen) atoms. The third-order valence-corrected chi connectivity index (χ3v) is 3.66. The highest BCUT2D eigenvalue weighted by Gasteiger charge is 2.22. The van der Waals surface area contributed by atoms with Gasteiger partial charge in [0.15, 0.2) is 0 Å². The molecule has 1 aliphatic heterocycles. The van der Waals surface area contributed by atoms with Crippen molar-refractivity contribution in [2.45, 2.75) is 20.3 Å². The number of aromatic nitrogens is 1. The van der Waals surface area contributed by atoms with E-state index < -0.39 is 5.95 Å². The standard InChI is InChI=1S/C15H22FN3O/c1-12(2)5-6-18-7-9-19(10-8-18)15(20)13-3-4-14(16)17-11-13/h3-4,11-12H,5-10H2,1-2H3. The van der Waals surface area contributed by atoms with Gasteiger partial charge in [0.05, 0.1) is 5.56 Å². The number of nitrogens with zero attached hydrogens (tertiary/aromatic N) is 3. The summed E-state index contributed by atoms with van der Waals surface area (Å²) < 4.78 is 12.8. The first kappa shape index (κ1) is 14.9. The lowest BCUT2D eigenvalue weighted by Gasteiger charge is -2.35. The molecule has 2 rings (SSSR count). The van der Waals surface area contributed by atoms with Crippen LogP contribution in [-0.2, 0) is 0 Å². The Hall–Kier alpha value is -1.49. The van der Waals surface area contributed by atoms with Crippen LogP contribution in [-0.4, -0.2) is 53.4 Å². The van der Waals surface area contributed by atoms with Crippen molar-refractivity contribution < 1.29 is 9.18 Å². The Labute approximate surface area is 119 Å². The Morgan fingerprint density at radius 2 is 2.00 bits per heavy atom. The molecule has 1 amide bonds. The molecule has 0 unspecified atom stereocenters. The van der Waals surface area contributed by atoms with E-state index in [1.807, 2.05) is 4.90 Å². The van der Waals surface area contributed by atoms with Gasteiger partial charge in [-0.15, -0.1) is 0 Å². The van der Waals surface area contributed by atoms with Gasteiger partial charge < -0.3 is 4.90 Å². The van der Waals surface area contributed by atoms with Crippen LogP contribution < -0.4 is 0 Å². The second kappa shape index (κ2) is 6.79. The molecule has 0 aromatic carbocycles. The molecule has 0 bridgehead atoms. The number of rotatable bonds is 4. The molecule has 2 heterocycles. The highest BCUT2D eigenvalue weighted by molar-refractivity contribution is 5.93. The van der Waals surface area contributed by atoms with Gasteiger partial charge in [0.1, 0.15) is 0 Å². The van der Waals surface area contributed by atoms with Crippen LogP contribution in [0.1, 0.15) is 30.6 Å². The summed E-state index contributed by atoms with van der Waals surface area (Å²) in [7, 11) is 0. The minimum Gasteiger partial charge on any atom is -0.336 e. The highest BCUT2D eigenvalue weighted by Crippen LogP contribution is 2.10. The number of piperazine rings is 1. The molecule has 0 aliphatic carbocycles. The number of hydrogen-bond acceptors (Lipinski definition) is 3. The summed E-state index contributed by atoms with van der Waals surface area (Å²) in [6.07, 6.45) is 2.50. The smallest absolute Gasteiger partial charge is 0.255 e. The summed E-state index contributed by atoms with van der Waals surface area (Å²) in [6, 6.07) is 2.72. The Balaban J connectivity index is 1.84. The number of pyridine rings is 1. The van der Waals surface area contributed by atoms with Crippen molar-refractivity contribution in [2.24, 2.45) is 5.92 Å². The topological polar surface area (TPSA) is 36.4 Å². The number of carbonyl (C=O) groups excluding carboxylic acids is 1. The third kappa shape index (κ3) is 4.00. The van der Waals surface area contributed by atoms with Crippen LogP contribution in [0, 0.1) is 11.9 Å². The van der Waals surface area contributed by atoms with Crippen LogP contribution >= 0.6 is 0 Å². The predicted octanol–water partition coefficient (Wildman–Crippen LogP) is 2.02. The maximum atomic E-state index is 12.8. The van der Waals surface area contributed by atoms with Crippen LogP contribution in [0.4, 0.5) is 4.39 Å². The second-order valence-electron chi connectivity index (χ2n) is 5.69. The lowest BCUT2D eigenvalue weighted by molar-refractivity contribution is 0.0631. The van der Waals surface area contributed by atoms with Gasteiger partial charge in [-0.3, -0.25) is 9.69 Å². The first-order valence-corrected chi connectivity index (χ1v) is 7.19. The van der Waals surface area contributed by atoms with Gasteiger partial charge in [-0.05, 0) is 31.0 Å². The van der Waals surface area contributed by atoms with Crippen LogP contribution in [0.2, 0.25) is 0 Å². The second-order valence-corrected chi connectivity index (χ2v) is 5.69. The molecular formula is C15H22FN3O. The van der Waals surface area contributed by atoms with Gasteiger partial charge in [-0.2, -0.15) is 4.39 Å². The SMILES string of the molecule is CC(C)CCN1CCN(C(=O)c2ccc(F)nc2)CC1. The van der Waals surface area contributed by atoms with Gasteiger partial charge in [0.25, 0.3) is 5.91 Å². The van der Waals surface area contributed by atoms with E-state index in [0.717, 1.165) is 32.7 Å². The fraction of sp³-hybridized carbons (Fsp3) is 0.600. The van der Waals surface area contributed by atoms with Crippen LogP contribution in [0.5, 0.6) is 0 Å². The molecule has 0 spiro atoms. The van der Waals surface area contributed by atoms with E-state index in [9.17, 15) is 9.18 Å². The quantitative estimate of drug-likeness (QED) is 0.791. The molecule has 0 atom stereocenters. The van der Waals surface area contributed by atoms with Crippen molar-refractivity contribution in [2.75, 3.05) is 32.7 Å². The monoisotopic (exact) mass is 279 g/mol. The van der Waals surface area contributed by atoms with Crippen LogP contribution in [0.3, 0.4) is 0 Å². The normalized spacial score (nSPS) is 16.7. The molecule has 1 saturated heterocycles. The Morgan fingerprint density at radius 1 is 1.30 bits per heavy atom. The van der Waals surface area contributed by atoms with E-state index >= 15 is 0 Å². The number of carbonyl (C=O) groups is 1. The maximum absolute atomic E-state index is 12.8. The van der Waals surface area contributed by atoms with Gasteiger partial charge in [-0.25, -0.2) is 4.98 Å².